The maximum absolute atomic E-state index is 14.3. The van der Waals surface area contributed by atoms with Gasteiger partial charge in [-0.2, -0.15) is 0 Å². The van der Waals surface area contributed by atoms with Gasteiger partial charge in [0.2, 0.25) is 28.5 Å². The summed E-state index contributed by atoms with van der Waals surface area (Å²) >= 11 is 0. The van der Waals surface area contributed by atoms with Gasteiger partial charge in [-0.25, -0.2) is 44.8 Å². The minimum absolute atomic E-state index is 0.0954. The van der Waals surface area contributed by atoms with Crippen LogP contribution in [0.2, 0.25) is 0 Å². The minimum Gasteiger partial charge on any atom is -0.206 e. The number of fused-ring (bicyclic) bond motifs is 5. The van der Waals surface area contributed by atoms with E-state index in [-0.39, 0.29) is 29.1 Å². The zero-order valence-corrected chi connectivity index (χ0v) is 73.7. The highest BCUT2D eigenvalue weighted by Gasteiger charge is 2.28. The molecule has 0 fully saturated rings. The molecule has 10 aromatic carbocycles. The van der Waals surface area contributed by atoms with E-state index >= 15 is 0 Å². The Morgan fingerprint density at radius 1 is 0.224 bits per heavy atom. The van der Waals surface area contributed by atoms with E-state index in [1.54, 1.807) is 0 Å². The average molecular weight is 1560 g/mol. The van der Waals surface area contributed by atoms with Gasteiger partial charge in [0.25, 0.3) is 0 Å². The van der Waals surface area contributed by atoms with E-state index in [1.807, 2.05) is 141 Å². The fourth-order valence-electron chi connectivity index (χ4n) is 16.8. The number of hydrogen-bond acceptors (Lipinski definition) is 0. The number of nitrogens with zero attached hydrogens (tertiary/aromatic N) is 5. The average Bonchev–Trinajstić information content (AvgIpc) is 0.801. The third-order valence-corrected chi connectivity index (χ3v) is 24.5. The number of rotatable bonds is 8. The molecule has 0 saturated heterocycles. The quantitative estimate of drug-likeness (QED) is 0.107. The zero-order valence-electron chi connectivity index (χ0n) is 73.7. The predicted octanol–water partition coefficient (Wildman–Crippen LogP) is 26.0. The summed E-state index contributed by atoms with van der Waals surface area (Å²) in [6, 6.07) is 53.1. The highest BCUT2D eigenvalue weighted by molar-refractivity contribution is 5.99. The van der Waals surface area contributed by atoms with Crippen LogP contribution in [-0.2, 0) is 35.2 Å². The van der Waals surface area contributed by atoms with Crippen LogP contribution in [0.4, 0.5) is 22.0 Å². The lowest BCUT2D eigenvalue weighted by atomic mass is 9.91. The molecule has 15 rings (SSSR count). The van der Waals surface area contributed by atoms with E-state index in [2.05, 4.69) is 259 Å². The van der Waals surface area contributed by atoms with Crippen LogP contribution < -0.4 is 22.8 Å². The Labute approximate surface area is 686 Å². The Morgan fingerprint density at radius 2 is 0.534 bits per heavy atom. The SMILES string of the molecule is Cc1cc(-c2c3cc(C(C)C)ccc3cc[n+]2C)c(C)c(C)c1F.Cc1cc(-c2c3ccc(C(C)C)cc3cc[n+]2C)c(C)c(C)c1F.Cc1cc(-c2c3cccc(C(C)C)c3cc[n+]2C)c(C)c(C)c1F.Cc1cc(-c2c3cccc(C)c3cc[n+]2C)c(C)c(C)c1F.Cc1cc(-c2c3ccccc3c(C)c[n+]2C)c(C)c(C)c1F. The largest absolute Gasteiger partial charge is 0.220 e. The van der Waals surface area contributed by atoms with Crippen LogP contribution in [0, 0.1) is 147 Å². The molecule has 15 aromatic rings. The van der Waals surface area contributed by atoms with Crippen molar-refractivity contribution in [1.29, 1.82) is 0 Å². The second-order valence-electron chi connectivity index (χ2n) is 33.4. The zero-order chi connectivity index (χ0) is 84.8. The molecule has 5 aromatic heterocycles. The van der Waals surface area contributed by atoms with Crippen molar-refractivity contribution in [2.24, 2.45) is 35.2 Å². The molecule has 0 spiro atoms. The highest BCUT2D eigenvalue weighted by Crippen LogP contribution is 2.40. The smallest absolute Gasteiger partial charge is 0.206 e. The van der Waals surface area contributed by atoms with Crippen molar-refractivity contribution in [1.82, 2.24) is 0 Å². The van der Waals surface area contributed by atoms with E-state index in [0.717, 1.165) is 112 Å². The van der Waals surface area contributed by atoms with Crippen molar-refractivity contribution in [3.63, 3.8) is 0 Å². The first-order valence-electron chi connectivity index (χ1n) is 40.6. The lowest BCUT2D eigenvalue weighted by Gasteiger charge is -2.15. The molecule has 0 atom stereocenters. The summed E-state index contributed by atoms with van der Waals surface area (Å²) < 4.78 is 81.8. The molecular formula is C106H117F5N5+5. The van der Waals surface area contributed by atoms with Crippen LogP contribution in [-0.4, -0.2) is 0 Å². The van der Waals surface area contributed by atoms with Gasteiger partial charge in [0.15, 0.2) is 31.0 Å². The van der Waals surface area contributed by atoms with Gasteiger partial charge in [0, 0.05) is 29.8 Å². The number of benzene rings is 10. The molecule has 0 aliphatic heterocycles. The number of halogens is 5. The number of aryl methyl sites for hydroxylation is 12. The summed E-state index contributed by atoms with van der Waals surface area (Å²) in [4.78, 5) is 0. The van der Waals surface area contributed by atoms with E-state index < -0.39 is 0 Å². The lowest BCUT2D eigenvalue weighted by molar-refractivity contribution is -0.659. The van der Waals surface area contributed by atoms with Crippen LogP contribution in [0.25, 0.3) is 110 Å². The van der Waals surface area contributed by atoms with Crippen LogP contribution in [0.3, 0.4) is 0 Å². The first-order valence-corrected chi connectivity index (χ1v) is 40.6. The molecular weight excluding hydrogens is 1440 g/mol. The van der Waals surface area contributed by atoms with Gasteiger partial charge in [-0.1, -0.05) is 108 Å². The minimum atomic E-state index is -0.0969. The first-order chi connectivity index (χ1) is 54.8. The maximum Gasteiger partial charge on any atom is 0.220 e. The predicted molar refractivity (Wildman–Crippen MR) is 475 cm³/mol. The molecule has 116 heavy (non-hydrogen) atoms. The summed E-state index contributed by atoms with van der Waals surface area (Å²) in [6.45, 7) is 46.1. The van der Waals surface area contributed by atoms with Gasteiger partial charge in [-0.05, 0) is 329 Å². The van der Waals surface area contributed by atoms with Crippen molar-refractivity contribution in [2.45, 2.75) is 177 Å². The molecule has 0 N–H and O–H groups in total. The topological polar surface area (TPSA) is 19.4 Å². The molecule has 10 heteroatoms. The van der Waals surface area contributed by atoms with Crippen LogP contribution in [0.1, 0.15) is 171 Å². The van der Waals surface area contributed by atoms with Crippen molar-refractivity contribution < 1.29 is 44.8 Å². The molecule has 5 heterocycles. The third kappa shape index (κ3) is 16.6. The number of pyridine rings is 5. The molecule has 0 saturated carbocycles. The van der Waals surface area contributed by atoms with E-state index in [0.29, 0.717) is 45.6 Å². The van der Waals surface area contributed by atoms with Crippen molar-refractivity contribution >= 4 is 53.9 Å². The normalized spacial score (nSPS) is 11.4. The Balaban J connectivity index is 0.000000143. The fourth-order valence-corrected chi connectivity index (χ4v) is 16.8. The molecule has 0 bridgehead atoms. The maximum atomic E-state index is 14.3. The second kappa shape index (κ2) is 34.8. The van der Waals surface area contributed by atoms with Crippen molar-refractivity contribution in [3.8, 4) is 56.3 Å². The van der Waals surface area contributed by atoms with E-state index in [4.69, 9.17) is 0 Å². The molecule has 0 unspecified atom stereocenters. The Bertz CT molecular complexity index is 6240. The highest BCUT2D eigenvalue weighted by atomic mass is 19.1. The van der Waals surface area contributed by atoms with Crippen LogP contribution in [0.5, 0.6) is 0 Å². The molecule has 0 amide bonds. The summed E-state index contributed by atoms with van der Waals surface area (Å²) in [5.74, 6) is 0.965. The molecule has 0 aliphatic rings. The van der Waals surface area contributed by atoms with Gasteiger partial charge in [-0.15, -0.1) is 0 Å². The van der Waals surface area contributed by atoms with Gasteiger partial charge in [-0.3, -0.25) is 0 Å². The summed E-state index contributed by atoms with van der Waals surface area (Å²) in [5.41, 5.74) is 30.0. The van der Waals surface area contributed by atoms with E-state index in [1.165, 1.54) is 81.7 Å². The van der Waals surface area contributed by atoms with Gasteiger partial charge in [0.05, 0.1) is 54.7 Å². The molecule has 596 valence electrons. The van der Waals surface area contributed by atoms with Gasteiger partial charge < -0.3 is 0 Å². The fraction of sp³-hybridized carbons (Fsp3) is 0.292. The standard InChI is InChI=1S/3C22H25FN.2C20H21FN/c1-13(2)17-7-8-19-18(12-17)9-10-24(6)22(19)20-11-14(3)21(23)16(5)15(20)4;1-13(2)18-8-7-17-9-10-24(6)22(20(17)12-18)19-11-14(3)21(23)16(5)15(19)4;1-13(2)17-8-7-9-19-18(17)10-11-24(6)22(19)20-12-14(3)21(23)16(5)15(20)4;1-12-7-6-8-17-16(12)9-10-22(5)20(17)18-11-13(2)19(21)15(4)14(18)3;1-12-10-18(14(3)15(4)19(12)21)20-17-9-7-6-8-16(17)13(2)11-22(20)5/h3*7-13H,1-6H3;2*6-11H,1-5H3/q5*+1. The summed E-state index contributed by atoms with van der Waals surface area (Å²) in [7, 11) is 10.3. The lowest BCUT2D eigenvalue weighted by Crippen LogP contribution is -2.31. The Hall–Kier alpha value is -11.1. The first kappa shape index (κ1) is 85.8. The number of hydrogen-bond donors (Lipinski definition) is 0. The second-order valence-corrected chi connectivity index (χ2v) is 33.4. The monoisotopic (exact) mass is 1550 g/mol. The third-order valence-electron chi connectivity index (χ3n) is 24.5. The molecule has 0 aliphatic carbocycles. The Kier molecular flexibility index (Phi) is 25.7. The van der Waals surface area contributed by atoms with Gasteiger partial charge in [0.1, 0.15) is 64.3 Å². The van der Waals surface area contributed by atoms with Crippen LogP contribution >= 0.6 is 0 Å². The van der Waals surface area contributed by atoms with Gasteiger partial charge >= 0.3 is 0 Å². The van der Waals surface area contributed by atoms with Crippen molar-refractivity contribution in [3.05, 3.63) is 323 Å². The summed E-state index contributed by atoms with van der Waals surface area (Å²) in [5, 5.41) is 12.3. The molecule has 5 nitrogen and oxygen atoms in total. The summed E-state index contributed by atoms with van der Waals surface area (Å²) in [6.07, 6.45) is 10.5. The van der Waals surface area contributed by atoms with Crippen molar-refractivity contribution in [2.75, 3.05) is 0 Å². The Morgan fingerprint density at radius 3 is 0.940 bits per heavy atom. The van der Waals surface area contributed by atoms with E-state index in [9.17, 15) is 22.0 Å². The molecule has 0 radical (unpaired) electrons. The number of aromatic nitrogens is 5. The van der Waals surface area contributed by atoms with Crippen LogP contribution in [0.15, 0.2) is 183 Å².